The molecule has 7 nitrogen and oxygen atoms in total. The van der Waals surface area contributed by atoms with Crippen molar-refractivity contribution < 1.29 is 4.74 Å². The van der Waals surface area contributed by atoms with Crippen LogP contribution >= 0.6 is 24.0 Å². The number of benzene rings is 1. The van der Waals surface area contributed by atoms with Crippen LogP contribution in [0.3, 0.4) is 0 Å². The first-order valence-electron chi connectivity index (χ1n) is 11.5. The molecule has 1 aromatic rings. The molecule has 0 aromatic heterocycles. The largest absolute Gasteiger partial charge is 0.497 e. The zero-order valence-electron chi connectivity index (χ0n) is 19.5. The number of aliphatic imine (C=N–C) groups is 1. The predicted molar refractivity (Wildman–Crippen MR) is 140 cm³/mol. The van der Waals surface area contributed by atoms with E-state index in [4.69, 9.17) is 4.74 Å². The minimum Gasteiger partial charge on any atom is -0.497 e. The van der Waals surface area contributed by atoms with Crippen molar-refractivity contribution in [1.82, 2.24) is 25.3 Å². The first-order chi connectivity index (χ1) is 14.7. The van der Waals surface area contributed by atoms with Crippen LogP contribution < -0.4 is 15.4 Å². The van der Waals surface area contributed by atoms with Gasteiger partial charge in [0, 0.05) is 52.9 Å². The van der Waals surface area contributed by atoms with Crippen molar-refractivity contribution in [3.63, 3.8) is 0 Å². The number of piperazine rings is 1. The van der Waals surface area contributed by atoms with Crippen LogP contribution in [-0.4, -0.2) is 100 Å². The molecule has 0 radical (unpaired) electrons. The Morgan fingerprint density at radius 1 is 1.06 bits per heavy atom. The Balaban J connectivity index is 0.00000341. The Morgan fingerprint density at radius 2 is 1.77 bits per heavy atom. The van der Waals surface area contributed by atoms with Gasteiger partial charge >= 0.3 is 0 Å². The Kier molecular flexibility index (Phi) is 11.9. The monoisotopic (exact) mass is 544 g/mol. The molecule has 1 unspecified atom stereocenters. The van der Waals surface area contributed by atoms with E-state index in [1.54, 1.807) is 7.11 Å². The lowest BCUT2D eigenvalue weighted by Crippen LogP contribution is -2.49. The summed E-state index contributed by atoms with van der Waals surface area (Å²) in [6, 6.07) is 8.79. The third-order valence-electron chi connectivity index (χ3n) is 6.38. The second-order valence-electron chi connectivity index (χ2n) is 8.19. The molecule has 2 aliphatic heterocycles. The molecule has 8 heteroatoms. The van der Waals surface area contributed by atoms with Crippen LogP contribution in [-0.2, 0) is 0 Å². The first-order valence-corrected chi connectivity index (χ1v) is 11.5. The molecule has 3 rings (SSSR count). The molecule has 2 aliphatic rings. The van der Waals surface area contributed by atoms with Crippen LogP contribution in [0.5, 0.6) is 5.75 Å². The van der Waals surface area contributed by atoms with E-state index in [9.17, 15) is 0 Å². The van der Waals surface area contributed by atoms with Gasteiger partial charge < -0.3 is 20.3 Å². The number of methoxy groups -OCH3 is 1. The summed E-state index contributed by atoms with van der Waals surface area (Å²) in [5, 5.41) is 7.07. The third-order valence-corrected chi connectivity index (χ3v) is 6.38. The number of likely N-dealkylation sites (N-methyl/N-ethyl adjacent to an activating group) is 1. The SMILES string of the molecule is CCN1CCN(CCNC(=NC)NCC(c2cccc(OC)c2)N2CCCC2)CC1.I. The highest BCUT2D eigenvalue weighted by Gasteiger charge is 2.24. The molecule has 0 bridgehead atoms. The molecule has 1 aromatic carbocycles. The number of halogens is 1. The highest BCUT2D eigenvalue weighted by Crippen LogP contribution is 2.27. The maximum Gasteiger partial charge on any atom is 0.191 e. The topological polar surface area (TPSA) is 55.4 Å². The summed E-state index contributed by atoms with van der Waals surface area (Å²) in [4.78, 5) is 12.1. The molecular weight excluding hydrogens is 503 g/mol. The predicted octanol–water partition coefficient (Wildman–Crippen LogP) is 2.25. The summed E-state index contributed by atoms with van der Waals surface area (Å²) in [5.74, 6) is 1.80. The molecule has 2 fully saturated rings. The smallest absolute Gasteiger partial charge is 0.191 e. The van der Waals surface area contributed by atoms with Gasteiger partial charge in [0.1, 0.15) is 5.75 Å². The second kappa shape index (κ2) is 14.1. The molecule has 2 saturated heterocycles. The van der Waals surface area contributed by atoms with Gasteiger partial charge in [0.05, 0.1) is 13.2 Å². The molecule has 0 spiro atoms. The van der Waals surface area contributed by atoms with Crippen LogP contribution in [0, 0.1) is 0 Å². The summed E-state index contributed by atoms with van der Waals surface area (Å²) in [5.41, 5.74) is 1.30. The van der Waals surface area contributed by atoms with Gasteiger partial charge in [0.25, 0.3) is 0 Å². The van der Waals surface area contributed by atoms with Crippen molar-refractivity contribution in [2.45, 2.75) is 25.8 Å². The van der Waals surface area contributed by atoms with Crippen molar-refractivity contribution >= 4 is 29.9 Å². The minimum absolute atomic E-state index is 0. The minimum atomic E-state index is 0. The molecule has 176 valence electrons. The van der Waals surface area contributed by atoms with Crippen molar-refractivity contribution in [2.24, 2.45) is 4.99 Å². The number of rotatable bonds is 9. The van der Waals surface area contributed by atoms with Crippen LogP contribution in [0.2, 0.25) is 0 Å². The number of hydrogen-bond donors (Lipinski definition) is 2. The number of nitrogens with zero attached hydrogens (tertiary/aromatic N) is 4. The van der Waals surface area contributed by atoms with E-state index in [-0.39, 0.29) is 24.0 Å². The Labute approximate surface area is 205 Å². The van der Waals surface area contributed by atoms with Gasteiger partial charge in [-0.3, -0.25) is 14.8 Å². The van der Waals surface area contributed by atoms with Gasteiger partial charge in [-0.05, 0) is 50.2 Å². The number of guanidine groups is 1. The number of nitrogens with one attached hydrogen (secondary N) is 2. The van der Waals surface area contributed by atoms with Gasteiger partial charge in [0.15, 0.2) is 5.96 Å². The highest BCUT2D eigenvalue weighted by molar-refractivity contribution is 14.0. The molecule has 0 aliphatic carbocycles. The quantitative estimate of drug-likeness (QED) is 0.283. The van der Waals surface area contributed by atoms with Gasteiger partial charge in [-0.2, -0.15) is 0 Å². The number of ether oxygens (including phenoxy) is 1. The zero-order valence-corrected chi connectivity index (χ0v) is 21.8. The average molecular weight is 545 g/mol. The van der Waals surface area contributed by atoms with E-state index in [2.05, 4.69) is 55.4 Å². The normalized spacial score (nSPS) is 19.6. The van der Waals surface area contributed by atoms with E-state index >= 15 is 0 Å². The maximum atomic E-state index is 5.46. The lowest BCUT2D eigenvalue weighted by molar-refractivity contribution is 0.139. The first kappa shape index (κ1) is 26.2. The fourth-order valence-electron chi connectivity index (χ4n) is 4.44. The van der Waals surface area contributed by atoms with E-state index < -0.39 is 0 Å². The van der Waals surface area contributed by atoms with E-state index in [1.807, 2.05) is 13.1 Å². The summed E-state index contributed by atoms with van der Waals surface area (Å²) < 4.78 is 5.46. The highest BCUT2D eigenvalue weighted by atomic mass is 127. The van der Waals surface area contributed by atoms with E-state index in [1.165, 1.54) is 31.5 Å². The Hall–Kier alpha value is -1.10. The summed E-state index contributed by atoms with van der Waals surface area (Å²) in [6.07, 6.45) is 2.55. The lowest BCUT2D eigenvalue weighted by Gasteiger charge is -2.34. The second-order valence-corrected chi connectivity index (χ2v) is 8.19. The zero-order chi connectivity index (χ0) is 21.2. The Morgan fingerprint density at radius 3 is 2.42 bits per heavy atom. The fourth-order valence-corrected chi connectivity index (χ4v) is 4.44. The maximum absolute atomic E-state index is 5.46. The molecular formula is C23H41IN6O. The Bertz CT molecular complexity index is 659. The van der Waals surface area contributed by atoms with Gasteiger partial charge in [0.2, 0.25) is 0 Å². The van der Waals surface area contributed by atoms with Gasteiger partial charge in [-0.15, -0.1) is 24.0 Å². The van der Waals surface area contributed by atoms with E-state index in [0.29, 0.717) is 6.04 Å². The van der Waals surface area contributed by atoms with Crippen LogP contribution in [0.15, 0.2) is 29.3 Å². The molecule has 1 atom stereocenters. The average Bonchev–Trinajstić information content (AvgIpc) is 3.33. The molecule has 2 heterocycles. The van der Waals surface area contributed by atoms with Crippen LogP contribution in [0.25, 0.3) is 0 Å². The molecule has 0 saturated carbocycles. The fraction of sp³-hybridized carbons (Fsp3) is 0.696. The molecule has 2 N–H and O–H groups in total. The van der Waals surface area contributed by atoms with Gasteiger partial charge in [-0.1, -0.05) is 19.1 Å². The van der Waals surface area contributed by atoms with Crippen molar-refractivity contribution in [1.29, 1.82) is 0 Å². The van der Waals surface area contributed by atoms with Crippen LogP contribution in [0.4, 0.5) is 0 Å². The lowest BCUT2D eigenvalue weighted by atomic mass is 10.1. The van der Waals surface area contributed by atoms with Crippen molar-refractivity contribution in [3.8, 4) is 5.75 Å². The number of likely N-dealkylation sites (tertiary alicyclic amines) is 1. The molecule has 31 heavy (non-hydrogen) atoms. The summed E-state index contributed by atoms with van der Waals surface area (Å²) >= 11 is 0. The van der Waals surface area contributed by atoms with Gasteiger partial charge in [-0.25, -0.2) is 0 Å². The van der Waals surface area contributed by atoms with Crippen molar-refractivity contribution in [3.05, 3.63) is 29.8 Å². The standard InChI is InChI=1S/C23H40N6O.HI/c1-4-27-14-16-28(17-15-27)13-10-25-23(24-2)26-19-22(29-11-5-6-12-29)20-8-7-9-21(18-20)30-3;/h7-9,18,22H,4-6,10-17,19H2,1-3H3,(H2,24,25,26);1H. The third kappa shape index (κ3) is 8.07. The van der Waals surface area contributed by atoms with E-state index in [0.717, 1.165) is 64.1 Å². The summed E-state index contributed by atoms with van der Waals surface area (Å²) in [6.45, 7) is 13.2. The summed E-state index contributed by atoms with van der Waals surface area (Å²) in [7, 11) is 3.59. The van der Waals surface area contributed by atoms with Crippen LogP contribution in [0.1, 0.15) is 31.4 Å². The number of hydrogen-bond acceptors (Lipinski definition) is 5. The van der Waals surface area contributed by atoms with Crippen molar-refractivity contribution in [2.75, 3.05) is 79.6 Å². The molecule has 0 amide bonds.